The molecular weight excluding hydrogens is 360 g/mol. The quantitative estimate of drug-likeness (QED) is 0.264. The highest BCUT2D eigenvalue weighted by atomic mass is 14.2. The van der Waals surface area contributed by atoms with Crippen molar-refractivity contribution >= 4 is 32.3 Å². The molecule has 0 amide bonds. The SMILES string of the molecule is [2H]c1cccc2c(-c3ccccc3)c3ccccc3c(-c3ccc4ccccc4c3)c12. The zero-order valence-electron chi connectivity index (χ0n) is 17.5. The molecule has 0 unspecified atom stereocenters. The molecule has 0 bridgehead atoms. The second kappa shape index (κ2) is 6.86. The molecule has 6 aromatic rings. The van der Waals surface area contributed by atoms with E-state index in [9.17, 15) is 0 Å². The van der Waals surface area contributed by atoms with Crippen molar-refractivity contribution in [3.05, 3.63) is 121 Å². The van der Waals surface area contributed by atoms with Crippen LogP contribution in [0.2, 0.25) is 0 Å². The van der Waals surface area contributed by atoms with E-state index < -0.39 is 0 Å². The molecule has 0 saturated carbocycles. The van der Waals surface area contributed by atoms with Crippen molar-refractivity contribution in [2.45, 2.75) is 0 Å². The van der Waals surface area contributed by atoms with E-state index in [-0.39, 0.29) is 0 Å². The highest BCUT2D eigenvalue weighted by molar-refractivity contribution is 6.21. The third kappa shape index (κ3) is 2.62. The van der Waals surface area contributed by atoms with Crippen molar-refractivity contribution < 1.29 is 1.37 Å². The van der Waals surface area contributed by atoms with Crippen molar-refractivity contribution in [3.8, 4) is 22.3 Å². The summed E-state index contributed by atoms with van der Waals surface area (Å²) in [6.45, 7) is 0. The lowest BCUT2D eigenvalue weighted by atomic mass is 9.85. The molecule has 0 atom stereocenters. The molecule has 0 saturated heterocycles. The summed E-state index contributed by atoms with van der Waals surface area (Å²) in [5.41, 5.74) is 4.67. The van der Waals surface area contributed by atoms with Gasteiger partial charge >= 0.3 is 0 Å². The third-order valence-electron chi connectivity index (χ3n) is 5.94. The molecule has 0 aliphatic rings. The van der Waals surface area contributed by atoms with Gasteiger partial charge in [-0.15, -0.1) is 0 Å². The van der Waals surface area contributed by atoms with Crippen LogP contribution in [0, 0.1) is 0 Å². The second-order valence-corrected chi connectivity index (χ2v) is 7.68. The van der Waals surface area contributed by atoms with E-state index in [1.54, 1.807) is 0 Å². The van der Waals surface area contributed by atoms with Gasteiger partial charge in [-0.25, -0.2) is 0 Å². The van der Waals surface area contributed by atoms with Crippen LogP contribution in [-0.4, -0.2) is 0 Å². The Kier molecular flexibility index (Phi) is 3.65. The number of benzene rings is 6. The van der Waals surface area contributed by atoms with E-state index in [0.717, 1.165) is 21.9 Å². The second-order valence-electron chi connectivity index (χ2n) is 7.68. The minimum absolute atomic E-state index is 0.559. The molecule has 0 aliphatic heterocycles. The van der Waals surface area contributed by atoms with Crippen molar-refractivity contribution in [3.63, 3.8) is 0 Å². The third-order valence-corrected chi connectivity index (χ3v) is 5.94. The van der Waals surface area contributed by atoms with E-state index in [1.165, 1.54) is 32.7 Å². The molecule has 0 heteroatoms. The summed E-state index contributed by atoms with van der Waals surface area (Å²) in [7, 11) is 0. The van der Waals surface area contributed by atoms with Crippen LogP contribution in [0.3, 0.4) is 0 Å². The maximum Gasteiger partial charge on any atom is 0.0629 e. The molecule has 30 heavy (non-hydrogen) atoms. The van der Waals surface area contributed by atoms with Gasteiger partial charge in [-0.2, -0.15) is 0 Å². The van der Waals surface area contributed by atoms with Crippen LogP contribution in [-0.2, 0) is 0 Å². The fourth-order valence-electron chi connectivity index (χ4n) is 4.61. The number of hydrogen-bond acceptors (Lipinski definition) is 0. The van der Waals surface area contributed by atoms with Crippen LogP contribution in [0.4, 0.5) is 0 Å². The van der Waals surface area contributed by atoms with Crippen molar-refractivity contribution in [2.24, 2.45) is 0 Å². The van der Waals surface area contributed by atoms with Gasteiger partial charge in [0.15, 0.2) is 0 Å². The van der Waals surface area contributed by atoms with Crippen LogP contribution in [0.25, 0.3) is 54.6 Å². The molecule has 0 aromatic heterocycles. The predicted molar refractivity (Wildman–Crippen MR) is 130 cm³/mol. The Morgan fingerprint density at radius 2 is 0.967 bits per heavy atom. The van der Waals surface area contributed by atoms with E-state index in [1.807, 2.05) is 18.2 Å². The van der Waals surface area contributed by atoms with Crippen LogP contribution < -0.4 is 0 Å². The standard InChI is InChI=1S/C30H20/c1-2-11-22(12-3-1)29-25-14-6-8-16-27(25)30(28-17-9-7-15-26(28)29)24-19-18-21-10-4-5-13-23(21)20-24/h1-20H/i16D. The molecule has 0 fully saturated rings. The van der Waals surface area contributed by atoms with Gasteiger partial charge < -0.3 is 0 Å². The first kappa shape index (κ1) is 16.0. The van der Waals surface area contributed by atoms with Crippen LogP contribution in [0.5, 0.6) is 0 Å². The maximum atomic E-state index is 8.85. The van der Waals surface area contributed by atoms with Crippen molar-refractivity contribution in [1.82, 2.24) is 0 Å². The van der Waals surface area contributed by atoms with Gasteiger partial charge in [0.1, 0.15) is 0 Å². The largest absolute Gasteiger partial charge is 0.0629 e. The van der Waals surface area contributed by atoms with Crippen molar-refractivity contribution in [1.29, 1.82) is 0 Å². The van der Waals surface area contributed by atoms with Crippen LogP contribution in [0.1, 0.15) is 1.37 Å². The number of hydrogen-bond donors (Lipinski definition) is 0. The van der Waals surface area contributed by atoms with E-state index in [0.29, 0.717) is 6.04 Å². The fraction of sp³-hybridized carbons (Fsp3) is 0. The Hall–Kier alpha value is -3.90. The monoisotopic (exact) mass is 381 g/mol. The maximum absolute atomic E-state index is 8.85. The first-order valence-corrected chi connectivity index (χ1v) is 10.3. The zero-order chi connectivity index (χ0) is 20.8. The predicted octanol–water partition coefficient (Wildman–Crippen LogP) is 8.48. The summed E-state index contributed by atoms with van der Waals surface area (Å²) < 4.78 is 8.85. The van der Waals surface area contributed by atoms with Gasteiger partial charge in [0, 0.05) is 0 Å². The lowest BCUT2D eigenvalue weighted by molar-refractivity contribution is 1.66. The average molecular weight is 381 g/mol. The normalized spacial score (nSPS) is 11.8. The summed E-state index contributed by atoms with van der Waals surface area (Å²) in [6, 6.07) is 40.8. The first-order valence-electron chi connectivity index (χ1n) is 10.8. The Morgan fingerprint density at radius 1 is 0.400 bits per heavy atom. The van der Waals surface area contributed by atoms with Gasteiger partial charge in [0.05, 0.1) is 1.37 Å². The minimum Gasteiger partial charge on any atom is -0.0622 e. The molecule has 0 heterocycles. The lowest BCUT2D eigenvalue weighted by Crippen LogP contribution is -1.90. The number of rotatable bonds is 2. The number of fused-ring (bicyclic) bond motifs is 3. The molecule has 0 N–H and O–H groups in total. The average Bonchev–Trinajstić information content (AvgIpc) is 2.83. The van der Waals surface area contributed by atoms with Crippen molar-refractivity contribution in [2.75, 3.05) is 0 Å². The fourth-order valence-corrected chi connectivity index (χ4v) is 4.61. The van der Waals surface area contributed by atoms with E-state index >= 15 is 0 Å². The van der Waals surface area contributed by atoms with Gasteiger partial charge in [-0.1, -0.05) is 115 Å². The molecule has 0 aliphatic carbocycles. The Morgan fingerprint density at radius 3 is 1.73 bits per heavy atom. The molecule has 6 rings (SSSR count). The van der Waals surface area contributed by atoms with Crippen LogP contribution >= 0.6 is 0 Å². The highest BCUT2D eigenvalue weighted by Crippen LogP contribution is 2.43. The topological polar surface area (TPSA) is 0 Å². The van der Waals surface area contributed by atoms with E-state index in [4.69, 9.17) is 1.37 Å². The zero-order valence-corrected chi connectivity index (χ0v) is 16.5. The molecule has 0 radical (unpaired) electrons. The molecule has 0 spiro atoms. The first-order chi connectivity index (χ1) is 15.3. The Bertz CT molecular complexity index is 1580. The summed E-state index contributed by atoms with van der Waals surface area (Å²) in [5.74, 6) is 0. The highest BCUT2D eigenvalue weighted by Gasteiger charge is 2.16. The Labute approximate surface area is 177 Å². The lowest BCUT2D eigenvalue weighted by Gasteiger charge is -2.18. The Balaban J connectivity index is 1.82. The summed E-state index contributed by atoms with van der Waals surface area (Å²) in [6.07, 6.45) is 0. The van der Waals surface area contributed by atoms with Gasteiger partial charge in [0.25, 0.3) is 0 Å². The summed E-state index contributed by atoms with van der Waals surface area (Å²) in [5, 5.41) is 6.98. The molecular formula is C30H20. The smallest absolute Gasteiger partial charge is 0.0622 e. The molecule has 0 nitrogen and oxygen atoms in total. The van der Waals surface area contributed by atoms with Gasteiger partial charge in [-0.3, -0.25) is 0 Å². The van der Waals surface area contributed by atoms with E-state index in [2.05, 4.69) is 97.1 Å². The summed E-state index contributed by atoms with van der Waals surface area (Å²) >= 11 is 0. The van der Waals surface area contributed by atoms with Crippen LogP contribution in [0.15, 0.2) is 121 Å². The molecule has 140 valence electrons. The summed E-state index contributed by atoms with van der Waals surface area (Å²) in [4.78, 5) is 0. The van der Waals surface area contributed by atoms with Gasteiger partial charge in [0.2, 0.25) is 0 Å². The molecule has 6 aromatic carbocycles. The minimum atomic E-state index is 0.559. The van der Waals surface area contributed by atoms with Gasteiger partial charge in [-0.05, 0) is 60.6 Å².